The quantitative estimate of drug-likeness (QED) is 0.447. The Bertz CT molecular complexity index is 939. The van der Waals surface area contributed by atoms with Gasteiger partial charge in [-0.2, -0.15) is 0 Å². The predicted octanol–water partition coefficient (Wildman–Crippen LogP) is 3.95. The number of carbonyl (C=O) groups is 1. The van der Waals surface area contributed by atoms with Crippen LogP contribution in [-0.4, -0.2) is 64.2 Å². The zero-order chi connectivity index (χ0) is 24.7. The molecule has 0 amide bonds. The lowest BCUT2D eigenvalue weighted by molar-refractivity contribution is -0.137. The molecule has 186 valence electrons. The summed E-state index contributed by atoms with van der Waals surface area (Å²) in [5.74, 6) is -0.994. The van der Waals surface area contributed by atoms with Crippen LogP contribution in [0.15, 0.2) is 30.6 Å². The summed E-state index contributed by atoms with van der Waals surface area (Å²) in [5, 5.41) is 23.4. The van der Waals surface area contributed by atoms with E-state index in [4.69, 9.17) is 9.47 Å². The fourth-order valence-electron chi connectivity index (χ4n) is 4.16. The lowest BCUT2D eigenvalue weighted by Gasteiger charge is -2.40. The molecule has 1 aromatic carbocycles. The van der Waals surface area contributed by atoms with Crippen molar-refractivity contribution in [3.63, 3.8) is 0 Å². The minimum Gasteiger partial charge on any atom is -0.481 e. The number of aliphatic carboxylic acids is 1. The highest BCUT2D eigenvalue weighted by Crippen LogP contribution is 2.36. The van der Waals surface area contributed by atoms with E-state index in [1.165, 1.54) is 0 Å². The summed E-state index contributed by atoms with van der Waals surface area (Å²) in [4.78, 5) is 22.0. The smallest absolute Gasteiger partial charge is 0.316 e. The Morgan fingerprint density at radius 2 is 1.97 bits per heavy atom. The molecule has 1 atom stereocenters. The van der Waals surface area contributed by atoms with Gasteiger partial charge in [-0.1, -0.05) is 13.0 Å². The van der Waals surface area contributed by atoms with E-state index < -0.39 is 11.6 Å². The molecule has 1 aliphatic heterocycles. The summed E-state index contributed by atoms with van der Waals surface area (Å²) in [6.45, 7) is 9.66. The maximum atomic E-state index is 11.3. The van der Waals surface area contributed by atoms with Crippen molar-refractivity contribution in [3.05, 3.63) is 36.2 Å². The zero-order valence-corrected chi connectivity index (χ0v) is 20.5. The summed E-state index contributed by atoms with van der Waals surface area (Å²) >= 11 is 0. The van der Waals surface area contributed by atoms with Crippen LogP contribution in [0.5, 0.6) is 6.01 Å². The minimum absolute atomic E-state index is 0.0400. The van der Waals surface area contributed by atoms with Crippen LogP contribution in [0.4, 0.5) is 17.1 Å². The Labute approximate surface area is 201 Å². The Morgan fingerprint density at radius 3 is 2.56 bits per heavy atom. The van der Waals surface area contributed by atoms with Gasteiger partial charge in [0, 0.05) is 25.8 Å². The van der Waals surface area contributed by atoms with E-state index in [1.54, 1.807) is 26.2 Å². The Hall–Kier alpha value is -2.91. The first-order valence-electron chi connectivity index (χ1n) is 11.8. The van der Waals surface area contributed by atoms with Crippen molar-refractivity contribution in [1.82, 2.24) is 9.97 Å². The minimum atomic E-state index is -0.910. The first-order chi connectivity index (χ1) is 16.2. The predicted molar refractivity (Wildman–Crippen MR) is 131 cm³/mol. The van der Waals surface area contributed by atoms with Gasteiger partial charge in [0.1, 0.15) is 0 Å². The number of carboxylic acids is 1. The van der Waals surface area contributed by atoms with E-state index in [0.29, 0.717) is 38.1 Å². The Morgan fingerprint density at radius 1 is 1.29 bits per heavy atom. The maximum Gasteiger partial charge on any atom is 0.316 e. The van der Waals surface area contributed by atoms with Gasteiger partial charge in [-0.3, -0.25) is 4.79 Å². The maximum absolute atomic E-state index is 11.3. The number of carboxylic acid groups (broad SMARTS) is 1. The molecule has 1 aromatic heterocycles. The first kappa shape index (κ1) is 25.7. The van der Waals surface area contributed by atoms with Crippen molar-refractivity contribution in [2.75, 3.05) is 36.6 Å². The molecule has 0 aliphatic carbocycles. The van der Waals surface area contributed by atoms with Crippen LogP contribution in [0.1, 0.15) is 58.4 Å². The summed E-state index contributed by atoms with van der Waals surface area (Å²) in [7, 11) is 0. The molecule has 2 aromatic rings. The second-order valence-electron chi connectivity index (χ2n) is 9.37. The molecule has 1 saturated heterocycles. The van der Waals surface area contributed by atoms with Crippen molar-refractivity contribution < 1.29 is 24.5 Å². The van der Waals surface area contributed by atoms with Gasteiger partial charge in [0.15, 0.2) is 0 Å². The number of nitrogens with one attached hydrogen (secondary N) is 1. The molecule has 0 spiro atoms. The van der Waals surface area contributed by atoms with E-state index in [0.717, 1.165) is 29.8 Å². The molecule has 3 N–H and O–H groups in total. The molecule has 9 nitrogen and oxygen atoms in total. The zero-order valence-electron chi connectivity index (χ0n) is 20.5. The van der Waals surface area contributed by atoms with Crippen molar-refractivity contribution in [2.24, 2.45) is 0 Å². The summed E-state index contributed by atoms with van der Waals surface area (Å²) in [6.07, 6.45) is 5.07. The van der Waals surface area contributed by atoms with Gasteiger partial charge in [-0.25, -0.2) is 9.97 Å². The number of rotatable bonds is 11. The highest BCUT2D eigenvalue weighted by atomic mass is 16.5. The number of nitrogens with zero attached hydrogens (tertiary/aromatic N) is 3. The van der Waals surface area contributed by atoms with Gasteiger partial charge < -0.3 is 29.9 Å². The lowest BCUT2D eigenvalue weighted by atomic mass is 9.95. The number of anilines is 3. The first-order valence-corrected chi connectivity index (χ1v) is 11.8. The molecular weight excluding hydrogens is 436 g/mol. The van der Waals surface area contributed by atoms with Crippen molar-refractivity contribution in [1.29, 1.82) is 0 Å². The van der Waals surface area contributed by atoms with Crippen LogP contribution in [0, 0.1) is 0 Å². The SMILES string of the molecule is CCOc1ncc(Nc2cc([C@@H](C)CC(=O)O)ccc2N(CC(C)(C)O)C2CCOCC2)cn1. The third-order valence-corrected chi connectivity index (χ3v) is 5.75. The van der Waals surface area contributed by atoms with Crippen LogP contribution in [0.2, 0.25) is 0 Å². The molecule has 3 rings (SSSR count). The molecule has 0 bridgehead atoms. The van der Waals surface area contributed by atoms with Crippen LogP contribution < -0.4 is 15.0 Å². The highest BCUT2D eigenvalue weighted by molar-refractivity contribution is 5.77. The Balaban J connectivity index is 2.01. The molecular formula is C25H36N4O5. The van der Waals surface area contributed by atoms with Crippen LogP contribution >= 0.6 is 0 Å². The van der Waals surface area contributed by atoms with Crippen LogP contribution in [-0.2, 0) is 9.53 Å². The molecule has 1 fully saturated rings. The molecule has 9 heteroatoms. The second kappa shape index (κ2) is 11.5. The molecule has 0 radical (unpaired) electrons. The largest absolute Gasteiger partial charge is 0.481 e. The van der Waals surface area contributed by atoms with E-state index in [-0.39, 0.29) is 18.4 Å². The number of aliphatic hydroxyl groups is 1. The number of aromatic nitrogens is 2. The lowest BCUT2D eigenvalue weighted by Crippen LogP contribution is -2.47. The monoisotopic (exact) mass is 472 g/mol. The summed E-state index contributed by atoms with van der Waals surface area (Å²) in [6, 6.07) is 6.48. The van der Waals surface area contributed by atoms with Gasteiger partial charge >= 0.3 is 12.0 Å². The second-order valence-corrected chi connectivity index (χ2v) is 9.37. The molecule has 2 heterocycles. The number of ether oxygens (including phenoxy) is 2. The topological polar surface area (TPSA) is 117 Å². The van der Waals surface area contributed by atoms with Crippen molar-refractivity contribution in [3.8, 4) is 6.01 Å². The van der Waals surface area contributed by atoms with Gasteiger partial charge in [-0.15, -0.1) is 0 Å². The third-order valence-electron chi connectivity index (χ3n) is 5.75. The summed E-state index contributed by atoms with van der Waals surface area (Å²) in [5.41, 5.74) is 2.42. The van der Waals surface area contributed by atoms with Gasteiger partial charge in [0.2, 0.25) is 0 Å². The van der Waals surface area contributed by atoms with E-state index in [1.807, 2.05) is 32.0 Å². The molecule has 34 heavy (non-hydrogen) atoms. The number of hydrogen-bond acceptors (Lipinski definition) is 8. The van der Waals surface area contributed by atoms with Crippen molar-refractivity contribution >= 4 is 23.0 Å². The fraction of sp³-hybridized carbons (Fsp3) is 0.560. The Kier molecular flexibility index (Phi) is 8.68. The van der Waals surface area contributed by atoms with Gasteiger partial charge in [-0.05, 0) is 57.2 Å². The van der Waals surface area contributed by atoms with E-state index >= 15 is 0 Å². The average molecular weight is 473 g/mol. The molecule has 0 unspecified atom stereocenters. The van der Waals surface area contributed by atoms with E-state index in [9.17, 15) is 15.0 Å². The number of benzene rings is 1. The molecule has 1 aliphatic rings. The normalized spacial score (nSPS) is 15.6. The van der Waals surface area contributed by atoms with E-state index in [2.05, 4.69) is 20.2 Å². The third kappa shape index (κ3) is 7.30. The van der Waals surface area contributed by atoms with Crippen LogP contribution in [0.3, 0.4) is 0 Å². The van der Waals surface area contributed by atoms with Gasteiger partial charge in [0.25, 0.3) is 0 Å². The number of hydrogen-bond donors (Lipinski definition) is 3. The average Bonchev–Trinajstić information content (AvgIpc) is 2.79. The highest BCUT2D eigenvalue weighted by Gasteiger charge is 2.29. The van der Waals surface area contributed by atoms with Crippen molar-refractivity contribution in [2.45, 2.75) is 64.5 Å². The summed E-state index contributed by atoms with van der Waals surface area (Å²) < 4.78 is 10.9. The van der Waals surface area contributed by atoms with Crippen LogP contribution in [0.25, 0.3) is 0 Å². The molecule has 0 saturated carbocycles. The standard InChI is InChI=1S/C25H36N4O5/c1-5-34-24-26-14-19(15-27-24)28-21-13-18(17(2)12-23(30)31)6-7-22(21)29(16-25(3,4)32)20-8-10-33-11-9-20/h6-7,13-15,17,20,28,32H,5,8-12,16H2,1-4H3,(H,30,31)/t17-/m0/s1. The van der Waals surface area contributed by atoms with Gasteiger partial charge in [0.05, 0.1) is 48.1 Å². The fourth-order valence-corrected chi connectivity index (χ4v) is 4.16.